The molecule has 0 saturated heterocycles. The minimum absolute atomic E-state index is 0.277. The Hall–Kier alpha value is -2.46. The van der Waals surface area contributed by atoms with E-state index in [-0.39, 0.29) is 11.3 Å². The van der Waals surface area contributed by atoms with Crippen molar-refractivity contribution >= 4 is 11.6 Å². The molecule has 0 aliphatic heterocycles. The van der Waals surface area contributed by atoms with E-state index < -0.39 is 0 Å². The third-order valence-corrected chi connectivity index (χ3v) is 3.11. The molecular formula is C15H10ClN3O. The minimum Gasteiger partial charge on any atom is -0.303 e. The lowest BCUT2D eigenvalue weighted by molar-refractivity contribution is 0.963. The maximum atomic E-state index is 12.1. The highest BCUT2D eigenvalue weighted by atomic mass is 35.5. The van der Waals surface area contributed by atoms with E-state index in [1.54, 1.807) is 24.3 Å². The van der Waals surface area contributed by atoms with E-state index in [0.29, 0.717) is 16.4 Å². The molecule has 0 fully saturated rings. The summed E-state index contributed by atoms with van der Waals surface area (Å²) in [6, 6.07) is 16.3. The van der Waals surface area contributed by atoms with Crippen LogP contribution in [0.25, 0.3) is 22.6 Å². The topological polar surface area (TPSA) is 58.6 Å². The Morgan fingerprint density at radius 3 is 2.20 bits per heavy atom. The van der Waals surface area contributed by atoms with Crippen LogP contribution in [0.5, 0.6) is 0 Å². The molecule has 0 saturated carbocycles. The Bertz CT molecular complexity index is 782. The van der Waals surface area contributed by atoms with Crippen molar-refractivity contribution in [2.24, 2.45) is 0 Å². The van der Waals surface area contributed by atoms with Crippen molar-refractivity contribution in [3.8, 4) is 22.6 Å². The van der Waals surface area contributed by atoms with Crippen LogP contribution in [-0.4, -0.2) is 15.2 Å². The Morgan fingerprint density at radius 2 is 1.55 bits per heavy atom. The van der Waals surface area contributed by atoms with E-state index >= 15 is 0 Å². The van der Waals surface area contributed by atoms with Crippen LogP contribution >= 0.6 is 11.6 Å². The standard InChI is InChI=1S/C15H10ClN3O/c16-12-8-6-10(7-9-12)13-15(20)17-14(19-18-13)11-4-2-1-3-5-11/h1-9H,(H,17,19,20). The van der Waals surface area contributed by atoms with Crippen LogP contribution in [0.1, 0.15) is 0 Å². The summed E-state index contributed by atoms with van der Waals surface area (Å²) in [6.45, 7) is 0. The van der Waals surface area contributed by atoms with Crippen LogP contribution in [0.4, 0.5) is 0 Å². The Labute approximate surface area is 120 Å². The van der Waals surface area contributed by atoms with Crippen molar-refractivity contribution in [1.29, 1.82) is 0 Å². The van der Waals surface area contributed by atoms with Gasteiger partial charge in [-0.05, 0) is 12.1 Å². The molecule has 1 N–H and O–H groups in total. The second-order valence-corrected chi connectivity index (χ2v) is 4.66. The summed E-state index contributed by atoms with van der Waals surface area (Å²) < 4.78 is 0. The van der Waals surface area contributed by atoms with Crippen molar-refractivity contribution in [2.45, 2.75) is 0 Å². The number of halogens is 1. The Kier molecular flexibility index (Phi) is 3.31. The fourth-order valence-corrected chi connectivity index (χ4v) is 1.99. The number of rotatable bonds is 2. The first-order valence-electron chi connectivity index (χ1n) is 6.02. The summed E-state index contributed by atoms with van der Waals surface area (Å²) in [5, 5.41) is 8.70. The van der Waals surface area contributed by atoms with Gasteiger partial charge in [-0.15, -0.1) is 10.2 Å². The van der Waals surface area contributed by atoms with Crippen LogP contribution in [0.2, 0.25) is 5.02 Å². The van der Waals surface area contributed by atoms with Gasteiger partial charge in [-0.25, -0.2) is 0 Å². The molecule has 20 heavy (non-hydrogen) atoms. The van der Waals surface area contributed by atoms with Crippen LogP contribution in [0, 0.1) is 0 Å². The zero-order valence-corrected chi connectivity index (χ0v) is 11.1. The van der Waals surface area contributed by atoms with E-state index in [1.165, 1.54) is 0 Å². The number of nitrogens with one attached hydrogen (secondary N) is 1. The number of aromatic amines is 1. The third kappa shape index (κ3) is 2.46. The van der Waals surface area contributed by atoms with Gasteiger partial charge in [-0.3, -0.25) is 4.79 Å². The van der Waals surface area contributed by atoms with Crippen LogP contribution in [-0.2, 0) is 0 Å². The number of aromatic nitrogens is 3. The van der Waals surface area contributed by atoms with Crippen molar-refractivity contribution < 1.29 is 0 Å². The van der Waals surface area contributed by atoms with E-state index in [1.807, 2.05) is 30.3 Å². The number of benzene rings is 2. The zero-order chi connectivity index (χ0) is 13.9. The largest absolute Gasteiger partial charge is 0.303 e. The monoisotopic (exact) mass is 283 g/mol. The summed E-state index contributed by atoms with van der Waals surface area (Å²) in [5.41, 5.74) is 1.50. The molecule has 1 heterocycles. The van der Waals surface area contributed by atoms with Gasteiger partial charge in [0.15, 0.2) is 11.5 Å². The van der Waals surface area contributed by atoms with Gasteiger partial charge < -0.3 is 4.98 Å². The molecule has 0 aliphatic rings. The van der Waals surface area contributed by atoms with Gasteiger partial charge in [0.2, 0.25) is 0 Å². The van der Waals surface area contributed by atoms with Gasteiger partial charge in [0.1, 0.15) is 0 Å². The lowest BCUT2D eigenvalue weighted by atomic mass is 10.1. The minimum atomic E-state index is -0.277. The number of hydrogen-bond acceptors (Lipinski definition) is 3. The maximum Gasteiger partial charge on any atom is 0.278 e. The summed E-state index contributed by atoms with van der Waals surface area (Å²) in [4.78, 5) is 14.9. The van der Waals surface area contributed by atoms with Gasteiger partial charge in [0, 0.05) is 16.1 Å². The quantitative estimate of drug-likeness (QED) is 0.786. The smallest absolute Gasteiger partial charge is 0.278 e. The molecule has 0 bridgehead atoms. The fraction of sp³-hybridized carbons (Fsp3) is 0. The molecule has 3 aromatic rings. The predicted octanol–water partition coefficient (Wildman–Crippen LogP) is 3.15. The predicted molar refractivity (Wildman–Crippen MR) is 78.5 cm³/mol. The lowest BCUT2D eigenvalue weighted by Gasteiger charge is -2.02. The highest BCUT2D eigenvalue weighted by Crippen LogP contribution is 2.17. The average Bonchev–Trinajstić information content (AvgIpc) is 2.49. The molecule has 4 nitrogen and oxygen atoms in total. The normalized spacial score (nSPS) is 10.4. The second-order valence-electron chi connectivity index (χ2n) is 4.22. The van der Waals surface area contributed by atoms with Crippen molar-refractivity contribution in [2.75, 3.05) is 0 Å². The van der Waals surface area contributed by atoms with Crippen molar-refractivity contribution in [3.05, 3.63) is 70.0 Å². The third-order valence-electron chi connectivity index (χ3n) is 2.86. The van der Waals surface area contributed by atoms with Crippen LogP contribution < -0.4 is 5.56 Å². The number of nitrogens with zero attached hydrogens (tertiary/aromatic N) is 2. The molecule has 5 heteroatoms. The zero-order valence-electron chi connectivity index (χ0n) is 10.4. The van der Waals surface area contributed by atoms with E-state index in [4.69, 9.17) is 11.6 Å². The maximum absolute atomic E-state index is 12.1. The van der Waals surface area contributed by atoms with E-state index in [0.717, 1.165) is 5.56 Å². The molecular weight excluding hydrogens is 274 g/mol. The highest BCUT2D eigenvalue weighted by molar-refractivity contribution is 6.30. The first-order valence-corrected chi connectivity index (χ1v) is 6.40. The summed E-state index contributed by atoms with van der Waals surface area (Å²) >= 11 is 5.82. The molecule has 0 aliphatic carbocycles. The van der Waals surface area contributed by atoms with Gasteiger partial charge in [-0.2, -0.15) is 0 Å². The van der Waals surface area contributed by atoms with Crippen LogP contribution in [0.15, 0.2) is 59.4 Å². The Balaban J connectivity index is 2.04. The molecule has 98 valence electrons. The first-order chi connectivity index (χ1) is 9.74. The highest BCUT2D eigenvalue weighted by Gasteiger charge is 2.08. The summed E-state index contributed by atoms with van der Waals surface area (Å²) in [7, 11) is 0. The molecule has 0 radical (unpaired) electrons. The molecule has 0 atom stereocenters. The van der Waals surface area contributed by atoms with E-state index in [2.05, 4.69) is 15.2 Å². The fourth-order valence-electron chi connectivity index (χ4n) is 1.86. The van der Waals surface area contributed by atoms with Gasteiger partial charge in [-0.1, -0.05) is 54.1 Å². The number of H-pyrrole nitrogens is 1. The first kappa shape index (κ1) is 12.6. The van der Waals surface area contributed by atoms with Crippen LogP contribution in [0.3, 0.4) is 0 Å². The SMILES string of the molecule is O=c1[nH]c(-c2ccccc2)nnc1-c1ccc(Cl)cc1. The molecule has 2 aromatic carbocycles. The molecule has 1 aromatic heterocycles. The van der Waals surface area contributed by atoms with Crippen molar-refractivity contribution in [1.82, 2.24) is 15.2 Å². The number of hydrogen-bond donors (Lipinski definition) is 1. The van der Waals surface area contributed by atoms with E-state index in [9.17, 15) is 4.79 Å². The molecule has 3 rings (SSSR count). The Morgan fingerprint density at radius 1 is 0.850 bits per heavy atom. The van der Waals surface area contributed by atoms with Gasteiger partial charge >= 0.3 is 0 Å². The van der Waals surface area contributed by atoms with Gasteiger partial charge in [0.25, 0.3) is 5.56 Å². The average molecular weight is 284 g/mol. The second kappa shape index (κ2) is 5.27. The van der Waals surface area contributed by atoms with Gasteiger partial charge in [0.05, 0.1) is 0 Å². The summed E-state index contributed by atoms with van der Waals surface area (Å²) in [6.07, 6.45) is 0. The summed E-state index contributed by atoms with van der Waals surface area (Å²) in [5.74, 6) is 0.452. The molecule has 0 spiro atoms. The molecule has 0 unspecified atom stereocenters. The lowest BCUT2D eigenvalue weighted by Crippen LogP contribution is -2.14. The molecule has 0 amide bonds. The van der Waals surface area contributed by atoms with Crippen molar-refractivity contribution in [3.63, 3.8) is 0 Å².